The molecule has 0 saturated heterocycles. The Hall–Kier alpha value is -2.25. The number of anilines is 1. The highest BCUT2D eigenvalue weighted by atomic mass is 32.2. The molecule has 1 aliphatic rings. The van der Waals surface area contributed by atoms with Gasteiger partial charge >= 0.3 is 0 Å². The molecule has 2 N–H and O–H groups in total. The van der Waals surface area contributed by atoms with Gasteiger partial charge in [0.15, 0.2) is 11.6 Å². The summed E-state index contributed by atoms with van der Waals surface area (Å²) in [6, 6.07) is 8.62. The van der Waals surface area contributed by atoms with Gasteiger partial charge in [-0.2, -0.15) is 0 Å². The van der Waals surface area contributed by atoms with Crippen molar-refractivity contribution in [2.75, 3.05) is 25.6 Å². The Bertz CT molecular complexity index is 897. The zero-order valence-electron chi connectivity index (χ0n) is 14.9. The molecule has 0 bridgehead atoms. The number of rotatable bonds is 4. The van der Waals surface area contributed by atoms with E-state index in [4.69, 9.17) is 4.74 Å². The maximum absolute atomic E-state index is 14.1. The van der Waals surface area contributed by atoms with Gasteiger partial charge in [-0.05, 0) is 42.5 Å². The van der Waals surface area contributed by atoms with Gasteiger partial charge in [0.1, 0.15) is 0 Å². The smallest absolute Gasteiger partial charge is 0.205 e. The minimum absolute atomic E-state index is 0.289. The highest BCUT2D eigenvalue weighted by Crippen LogP contribution is 2.42. The van der Waals surface area contributed by atoms with Gasteiger partial charge in [-0.1, -0.05) is 28.9 Å². The Labute approximate surface area is 154 Å². The second-order valence-corrected chi connectivity index (χ2v) is 7.53. The lowest BCUT2D eigenvalue weighted by atomic mass is 9.98. The molecule has 0 radical (unpaired) electrons. The summed E-state index contributed by atoms with van der Waals surface area (Å²) >= 11 is 0. The first-order valence-electron chi connectivity index (χ1n) is 8.24. The average Bonchev–Trinajstić information content (AvgIpc) is 2.65. The maximum atomic E-state index is 14.1. The van der Waals surface area contributed by atoms with Gasteiger partial charge in [-0.3, -0.25) is 0 Å². The molecule has 0 aliphatic carbocycles. The Morgan fingerprint density at radius 1 is 1.19 bits per heavy atom. The second-order valence-electron chi connectivity index (χ2n) is 5.74. The molecule has 26 heavy (non-hydrogen) atoms. The van der Waals surface area contributed by atoms with Crippen molar-refractivity contribution in [1.82, 2.24) is 4.72 Å². The largest absolute Gasteiger partial charge is 0.383 e. The lowest BCUT2D eigenvalue weighted by molar-refractivity contribution is 0.208. The van der Waals surface area contributed by atoms with Gasteiger partial charge in [0.25, 0.3) is 0 Å². The third-order valence-corrected chi connectivity index (χ3v) is 5.84. The van der Waals surface area contributed by atoms with Crippen LogP contribution in [0.2, 0.25) is 0 Å². The van der Waals surface area contributed by atoms with Gasteiger partial charge < -0.3 is 14.8 Å². The van der Waals surface area contributed by atoms with Gasteiger partial charge in [0.2, 0.25) is 5.96 Å². The molecule has 0 saturated carbocycles. The van der Waals surface area contributed by atoms with Crippen molar-refractivity contribution in [1.29, 1.82) is 0 Å². The van der Waals surface area contributed by atoms with E-state index in [2.05, 4.69) is 20.4 Å². The van der Waals surface area contributed by atoms with Crippen LogP contribution in [0.3, 0.4) is 0 Å². The van der Waals surface area contributed by atoms with Crippen LogP contribution < -0.4 is 10.0 Å². The number of benzene rings is 2. The van der Waals surface area contributed by atoms with Crippen LogP contribution in [-0.4, -0.2) is 31.6 Å². The number of fused-ring (bicyclic) bond motifs is 1. The third-order valence-electron chi connectivity index (χ3n) is 4.14. The van der Waals surface area contributed by atoms with E-state index in [0.29, 0.717) is 24.7 Å². The summed E-state index contributed by atoms with van der Waals surface area (Å²) in [4.78, 5) is 5.54. The number of hydrogen-bond acceptors (Lipinski definition) is 2. The molecule has 4 nitrogen and oxygen atoms in total. The Kier molecular flexibility index (Phi) is 5.68. The predicted octanol–water partition coefficient (Wildman–Crippen LogP) is 4.32. The minimum Gasteiger partial charge on any atom is -0.383 e. The lowest BCUT2D eigenvalue weighted by Gasteiger charge is -2.27. The van der Waals surface area contributed by atoms with Gasteiger partial charge in [-0.15, -0.1) is 0 Å². The summed E-state index contributed by atoms with van der Waals surface area (Å²) in [5, 5.41) is 5.37. The van der Waals surface area contributed by atoms with Crippen LogP contribution in [0.15, 0.2) is 40.2 Å². The van der Waals surface area contributed by atoms with Crippen LogP contribution in [0.25, 0.3) is 11.1 Å². The van der Waals surface area contributed by atoms with Crippen LogP contribution >= 0.6 is 10.7 Å². The molecule has 1 atom stereocenters. The van der Waals surface area contributed by atoms with E-state index in [1.807, 2.05) is 25.1 Å². The van der Waals surface area contributed by atoms with E-state index in [1.165, 1.54) is 0 Å². The molecular formula is C19H21F2N3OS. The second kappa shape index (κ2) is 7.97. The van der Waals surface area contributed by atoms with Gasteiger partial charge in [0, 0.05) is 17.6 Å². The molecule has 1 aliphatic heterocycles. The first-order valence-corrected chi connectivity index (χ1v) is 9.53. The van der Waals surface area contributed by atoms with Crippen molar-refractivity contribution >= 4 is 27.7 Å². The van der Waals surface area contributed by atoms with Crippen molar-refractivity contribution in [3.63, 3.8) is 0 Å². The number of para-hydroxylation sites is 1. The van der Waals surface area contributed by atoms with Crippen LogP contribution in [0.4, 0.5) is 14.5 Å². The summed E-state index contributed by atoms with van der Waals surface area (Å²) in [5.41, 5.74) is 2.63. The highest BCUT2D eigenvalue weighted by molar-refractivity contribution is 8.14. The molecule has 1 unspecified atom stereocenters. The topological polar surface area (TPSA) is 45.7 Å². The molecule has 1 heterocycles. The summed E-state index contributed by atoms with van der Waals surface area (Å²) in [5.74, 6) is -1.01. The first kappa shape index (κ1) is 18.5. The zero-order valence-corrected chi connectivity index (χ0v) is 15.7. The van der Waals surface area contributed by atoms with E-state index in [-0.39, 0.29) is 16.2 Å². The Morgan fingerprint density at radius 3 is 2.73 bits per heavy atom. The number of aliphatic imine (C=N–C) groups is 1. The van der Waals surface area contributed by atoms with Crippen LogP contribution in [0.5, 0.6) is 0 Å². The molecular weight excluding hydrogens is 356 g/mol. The van der Waals surface area contributed by atoms with E-state index in [1.54, 1.807) is 20.1 Å². The molecule has 7 heteroatoms. The fourth-order valence-electron chi connectivity index (χ4n) is 2.82. The third kappa shape index (κ3) is 3.50. The number of halogens is 2. The van der Waals surface area contributed by atoms with E-state index in [9.17, 15) is 8.78 Å². The Morgan fingerprint density at radius 2 is 2.00 bits per heavy atom. The fourth-order valence-corrected chi connectivity index (χ4v) is 4.23. The predicted molar refractivity (Wildman–Crippen MR) is 105 cm³/mol. The van der Waals surface area contributed by atoms with Crippen molar-refractivity contribution in [2.45, 2.75) is 18.7 Å². The minimum atomic E-state index is -0.839. The number of ether oxygens (including phenoxy) is 1. The lowest BCUT2D eigenvalue weighted by Crippen LogP contribution is -2.32. The number of methoxy groups -OCH3 is 1. The SMILES string of the molecule is C/C=S1\NC(=NCCOC)Nc2c(-c3ccc(F)c(F)c3C)cccc21. The monoisotopic (exact) mass is 377 g/mol. The van der Waals surface area contributed by atoms with Crippen molar-refractivity contribution in [2.24, 2.45) is 4.99 Å². The number of nitrogens with zero attached hydrogens (tertiary/aromatic N) is 1. The van der Waals surface area contributed by atoms with E-state index < -0.39 is 11.6 Å². The Balaban J connectivity index is 2.12. The maximum Gasteiger partial charge on any atom is 0.205 e. The van der Waals surface area contributed by atoms with E-state index >= 15 is 0 Å². The zero-order chi connectivity index (χ0) is 18.7. The van der Waals surface area contributed by atoms with Crippen molar-refractivity contribution in [3.8, 4) is 11.1 Å². The fraction of sp³-hybridized carbons (Fsp3) is 0.263. The molecule has 0 aromatic heterocycles. The molecule has 0 amide bonds. The molecule has 0 spiro atoms. The number of guanidine groups is 1. The number of nitrogens with one attached hydrogen (secondary N) is 2. The van der Waals surface area contributed by atoms with E-state index in [0.717, 1.165) is 22.2 Å². The number of hydrogen-bond donors (Lipinski definition) is 2. The van der Waals surface area contributed by atoms with Crippen LogP contribution in [0.1, 0.15) is 12.5 Å². The molecule has 3 rings (SSSR count). The van der Waals surface area contributed by atoms with Gasteiger partial charge in [0.05, 0.1) is 18.8 Å². The molecule has 138 valence electrons. The quantitative estimate of drug-likeness (QED) is 0.616. The first-order chi connectivity index (χ1) is 12.6. The summed E-state index contributed by atoms with van der Waals surface area (Å²) in [6.45, 7) is 4.61. The molecule has 0 fully saturated rings. The van der Waals surface area contributed by atoms with Crippen LogP contribution in [0, 0.1) is 18.6 Å². The highest BCUT2D eigenvalue weighted by Gasteiger charge is 2.21. The van der Waals surface area contributed by atoms with Crippen molar-refractivity contribution < 1.29 is 13.5 Å². The summed E-state index contributed by atoms with van der Waals surface area (Å²) < 4.78 is 36.0. The molecule has 2 aromatic carbocycles. The normalized spacial score (nSPS) is 17.7. The average molecular weight is 377 g/mol. The summed E-state index contributed by atoms with van der Waals surface area (Å²) in [6.07, 6.45) is 0. The van der Waals surface area contributed by atoms with Crippen molar-refractivity contribution in [3.05, 3.63) is 47.5 Å². The van der Waals surface area contributed by atoms with Crippen LogP contribution in [-0.2, 0) is 4.74 Å². The van der Waals surface area contributed by atoms with Gasteiger partial charge in [-0.25, -0.2) is 13.8 Å². The standard InChI is InChI=1S/C19H21F2N3OS/c1-4-26-16-7-5-6-14(13-8-9-15(20)17(21)12(13)2)18(16)23-19(24-26)22-10-11-25-3/h4-9H,10-11H2,1-3H3,(H2,22,23,24). The molecule has 2 aromatic rings. The summed E-state index contributed by atoms with van der Waals surface area (Å²) in [7, 11) is 1.29.